The fourth-order valence-corrected chi connectivity index (χ4v) is 3.37. The summed E-state index contributed by atoms with van der Waals surface area (Å²) in [5.74, 6) is 0.817. The molecular formula is C22H24ClN3O3. The topological polar surface area (TPSA) is 63.6 Å². The molecule has 3 aromatic rings. The van der Waals surface area contributed by atoms with Crippen molar-refractivity contribution in [3.8, 4) is 5.75 Å². The normalized spacial score (nSPS) is 11.0. The lowest BCUT2D eigenvalue weighted by Gasteiger charge is -2.22. The predicted octanol–water partition coefficient (Wildman–Crippen LogP) is 4.99. The number of ether oxygens (including phenoxy) is 1. The van der Waals surface area contributed by atoms with Gasteiger partial charge in [0, 0.05) is 35.6 Å². The maximum atomic E-state index is 13.0. The Balaban J connectivity index is 2.01. The third kappa shape index (κ3) is 4.38. The number of hydrogen-bond donors (Lipinski definition) is 1. The van der Waals surface area contributed by atoms with Gasteiger partial charge in [0.2, 0.25) is 0 Å². The highest BCUT2D eigenvalue weighted by atomic mass is 35.5. The number of fused-ring (bicyclic) bond motifs is 1. The van der Waals surface area contributed by atoms with Gasteiger partial charge in [-0.05, 0) is 30.2 Å². The van der Waals surface area contributed by atoms with E-state index in [-0.39, 0.29) is 17.5 Å². The Kier molecular flexibility index (Phi) is 6.13. The van der Waals surface area contributed by atoms with Gasteiger partial charge in [-0.25, -0.2) is 4.79 Å². The van der Waals surface area contributed by atoms with Gasteiger partial charge in [0.25, 0.3) is 5.56 Å². The zero-order chi connectivity index (χ0) is 21.1. The van der Waals surface area contributed by atoms with Crippen molar-refractivity contribution in [3.63, 3.8) is 0 Å². The Bertz CT molecular complexity index is 1110. The van der Waals surface area contributed by atoms with Gasteiger partial charge in [-0.3, -0.25) is 9.69 Å². The zero-order valence-corrected chi connectivity index (χ0v) is 17.7. The maximum absolute atomic E-state index is 13.0. The molecule has 3 rings (SSSR count). The number of methoxy groups -OCH3 is 1. The van der Waals surface area contributed by atoms with Gasteiger partial charge in [-0.15, -0.1) is 0 Å². The van der Waals surface area contributed by atoms with E-state index < -0.39 is 0 Å². The van der Waals surface area contributed by atoms with Gasteiger partial charge in [0.15, 0.2) is 0 Å². The molecule has 0 saturated heterocycles. The number of anilines is 2. The van der Waals surface area contributed by atoms with Crippen LogP contribution in [0.1, 0.15) is 13.8 Å². The fraction of sp³-hybridized carbons (Fsp3) is 0.273. The Morgan fingerprint density at radius 3 is 2.55 bits per heavy atom. The standard InChI is InChI=1S/C22H24ClN3O3/c1-14(2)12-26-13-18(16-7-5-6-8-17(16)21(26)27)24-22(28)25(3)19-11-15(23)9-10-20(19)29-4/h5-11,13-14H,12H2,1-4H3,(H,24,28). The summed E-state index contributed by atoms with van der Waals surface area (Å²) in [5, 5.41) is 4.68. The Morgan fingerprint density at radius 1 is 1.21 bits per heavy atom. The summed E-state index contributed by atoms with van der Waals surface area (Å²) in [6, 6.07) is 12.0. The Labute approximate surface area is 174 Å². The summed E-state index contributed by atoms with van der Waals surface area (Å²) in [5.41, 5.74) is 1.04. The number of nitrogens with zero attached hydrogens (tertiary/aromatic N) is 2. The van der Waals surface area contributed by atoms with Crippen LogP contribution < -0.4 is 20.5 Å². The monoisotopic (exact) mass is 413 g/mol. The van der Waals surface area contributed by atoms with Crippen LogP contribution >= 0.6 is 11.6 Å². The van der Waals surface area contributed by atoms with Crippen LogP contribution in [-0.4, -0.2) is 24.8 Å². The van der Waals surface area contributed by atoms with Crippen molar-refractivity contribution in [2.45, 2.75) is 20.4 Å². The molecule has 1 aromatic heterocycles. The van der Waals surface area contributed by atoms with Gasteiger partial charge in [-0.1, -0.05) is 43.6 Å². The minimum absolute atomic E-state index is 0.0721. The molecule has 0 atom stereocenters. The van der Waals surface area contributed by atoms with E-state index in [0.29, 0.717) is 39.5 Å². The van der Waals surface area contributed by atoms with E-state index in [2.05, 4.69) is 5.32 Å². The molecule has 0 aliphatic rings. The molecule has 2 amide bonds. The molecule has 0 bridgehead atoms. The molecule has 1 N–H and O–H groups in total. The van der Waals surface area contributed by atoms with Crippen LogP contribution in [0.2, 0.25) is 5.02 Å². The third-order valence-electron chi connectivity index (χ3n) is 4.60. The van der Waals surface area contributed by atoms with Crippen LogP contribution in [0.4, 0.5) is 16.2 Å². The predicted molar refractivity (Wildman–Crippen MR) is 118 cm³/mol. The number of pyridine rings is 1. The minimum atomic E-state index is -0.370. The van der Waals surface area contributed by atoms with Gasteiger partial charge >= 0.3 is 6.03 Å². The first-order valence-corrected chi connectivity index (χ1v) is 9.70. The average Bonchev–Trinajstić information content (AvgIpc) is 2.70. The molecule has 0 unspecified atom stereocenters. The molecule has 0 fully saturated rings. The van der Waals surface area contributed by atoms with E-state index in [9.17, 15) is 9.59 Å². The summed E-state index contributed by atoms with van der Waals surface area (Å²) in [7, 11) is 3.17. The number of carbonyl (C=O) groups excluding carboxylic acids is 1. The van der Waals surface area contributed by atoms with E-state index >= 15 is 0 Å². The molecule has 0 aliphatic carbocycles. The van der Waals surface area contributed by atoms with E-state index in [1.807, 2.05) is 32.0 Å². The molecule has 2 aromatic carbocycles. The van der Waals surface area contributed by atoms with Crippen LogP contribution in [0.25, 0.3) is 10.8 Å². The number of carbonyl (C=O) groups is 1. The van der Waals surface area contributed by atoms with Crippen molar-refractivity contribution in [2.75, 3.05) is 24.4 Å². The number of rotatable bonds is 5. The van der Waals surface area contributed by atoms with Crippen molar-refractivity contribution in [2.24, 2.45) is 5.92 Å². The molecular weight excluding hydrogens is 390 g/mol. The number of amides is 2. The van der Waals surface area contributed by atoms with E-state index in [1.54, 1.807) is 42.1 Å². The molecule has 6 nitrogen and oxygen atoms in total. The van der Waals surface area contributed by atoms with Crippen LogP contribution in [0.15, 0.2) is 53.5 Å². The van der Waals surface area contributed by atoms with Crippen molar-refractivity contribution in [1.82, 2.24) is 4.57 Å². The minimum Gasteiger partial charge on any atom is -0.495 e. The molecule has 1 heterocycles. The van der Waals surface area contributed by atoms with Gasteiger partial charge < -0.3 is 14.6 Å². The smallest absolute Gasteiger partial charge is 0.326 e. The Hall–Kier alpha value is -2.99. The molecule has 0 saturated carbocycles. The quantitative estimate of drug-likeness (QED) is 0.641. The number of benzene rings is 2. The van der Waals surface area contributed by atoms with Crippen molar-refractivity contribution < 1.29 is 9.53 Å². The van der Waals surface area contributed by atoms with Crippen LogP contribution in [0, 0.1) is 5.92 Å². The zero-order valence-electron chi connectivity index (χ0n) is 16.9. The lowest BCUT2D eigenvalue weighted by molar-refractivity contribution is 0.258. The highest BCUT2D eigenvalue weighted by Crippen LogP contribution is 2.31. The highest BCUT2D eigenvalue weighted by molar-refractivity contribution is 6.31. The van der Waals surface area contributed by atoms with Crippen molar-refractivity contribution >= 4 is 39.8 Å². The average molecular weight is 414 g/mol. The van der Waals surface area contributed by atoms with Gasteiger partial charge in [-0.2, -0.15) is 0 Å². The molecule has 7 heteroatoms. The number of halogens is 1. The lowest BCUT2D eigenvalue weighted by atomic mass is 10.1. The number of nitrogens with one attached hydrogen (secondary N) is 1. The largest absolute Gasteiger partial charge is 0.495 e. The van der Waals surface area contributed by atoms with E-state index in [4.69, 9.17) is 16.3 Å². The van der Waals surface area contributed by atoms with Crippen LogP contribution in [-0.2, 0) is 6.54 Å². The first kappa shape index (κ1) is 20.7. The van der Waals surface area contributed by atoms with Crippen LogP contribution in [0.5, 0.6) is 5.75 Å². The van der Waals surface area contributed by atoms with Gasteiger partial charge in [0.1, 0.15) is 5.75 Å². The summed E-state index contributed by atoms with van der Waals surface area (Å²) >= 11 is 6.10. The third-order valence-corrected chi connectivity index (χ3v) is 4.84. The van der Waals surface area contributed by atoms with Gasteiger partial charge in [0.05, 0.1) is 18.5 Å². The number of hydrogen-bond acceptors (Lipinski definition) is 3. The number of urea groups is 1. The molecule has 0 radical (unpaired) electrons. The SMILES string of the molecule is COc1ccc(Cl)cc1N(C)C(=O)Nc1cn(CC(C)C)c(=O)c2ccccc12. The summed E-state index contributed by atoms with van der Waals surface area (Å²) in [4.78, 5) is 27.2. The van der Waals surface area contributed by atoms with E-state index in [1.165, 1.54) is 12.0 Å². The van der Waals surface area contributed by atoms with Crippen molar-refractivity contribution in [1.29, 1.82) is 0 Å². The Morgan fingerprint density at radius 2 is 1.90 bits per heavy atom. The summed E-state index contributed by atoms with van der Waals surface area (Å²) in [6.45, 7) is 4.64. The summed E-state index contributed by atoms with van der Waals surface area (Å²) in [6.07, 6.45) is 1.70. The second kappa shape index (κ2) is 8.57. The molecule has 152 valence electrons. The second-order valence-corrected chi connectivity index (χ2v) is 7.68. The first-order chi connectivity index (χ1) is 13.8. The maximum Gasteiger partial charge on any atom is 0.326 e. The van der Waals surface area contributed by atoms with Crippen LogP contribution in [0.3, 0.4) is 0 Å². The van der Waals surface area contributed by atoms with Crippen molar-refractivity contribution in [3.05, 3.63) is 64.0 Å². The van der Waals surface area contributed by atoms with E-state index in [0.717, 1.165) is 0 Å². The number of aromatic nitrogens is 1. The highest BCUT2D eigenvalue weighted by Gasteiger charge is 2.18. The molecule has 0 aliphatic heterocycles. The first-order valence-electron chi connectivity index (χ1n) is 9.32. The molecule has 0 spiro atoms. The summed E-state index contributed by atoms with van der Waals surface area (Å²) < 4.78 is 6.99. The fourth-order valence-electron chi connectivity index (χ4n) is 3.21. The second-order valence-electron chi connectivity index (χ2n) is 7.25. The lowest BCUT2D eigenvalue weighted by Crippen LogP contribution is -2.32. The molecule has 29 heavy (non-hydrogen) atoms.